The number of amides is 2. The van der Waals surface area contributed by atoms with Gasteiger partial charge in [-0.15, -0.1) is 0 Å². The number of halogens is 2. The van der Waals surface area contributed by atoms with Gasteiger partial charge in [-0.1, -0.05) is 44.2 Å². The summed E-state index contributed by atoms with van der Waals surface area (Å²) in [4.78, 5) is 29.3. The molecule has 2 aromatic carbocycles. The predicted molar refractivity (Wildman–Crippen MR) is 120 cm³/mol. The molecule has 172 valence electrons. The number of carbonyl (C=O) groups is 2. The van der Waals surface area contributed by atoms with E-state index in [9.17, 15) is 18.4 Å². The normalized spacial score (nSPS) is 15.6. The third-order valence-electron chi connectivity index (χ3n) is 6.22. The number of rotatable bonds is 8. The summed E-state index contributed by atoms with van der Waals surface area (Å²) in [5, 5.41) is 3.11. The predicted octanol–water partition coefficient (Wildman–Crippen LogP) is 4.02. The number of nitrogens with zero attached hydrogens (tertiary/aromatic N) is 2. The van der Waals surface area contributed by atoms with Gasteiger partial charge < -0.3 is 10.2 Å². The smallest absolute Gasteiger partial charge is 0.256 e. The highest BCUT2D eigenvalue weighted by Gasteiger charge is 2.29. The third-order valence-corrected chi connectivity index (χ3v) is 6.22. The van der Waals surface area contributed by atoms with Crippen LogP contribution in [0.2, 0.25) is 0 Å². The van der Waals surface area contributed by atoms with E-state index in [0.29, 0.717) is 38.5 Å². The van der Waals surface area contributed by atoms with Gasteiger partial charge in [0.25, 0.3) is 5.91 Å². The van der Waals surface area contributed by atoms with E-state index in [1.165, 1.54) is 16.5 Å². The molecule has 1 saturated heterocycles. The number of likely N-dealkylation sites (N-methyl/N-ethyl adjacent to an activating group) is 1. The molecular weight excluding hydrogens is 412 g/mol. The molecule has 0 bridgehead atoms. The van der Waals surface area contributed by atoms with E-state index < -0.39 is 17.5 Å². The van der Waals surface area contributed by atoms with Crippen molar-refractivity contribution in [1.82, 2.24) is 15.1 Å². The summed E-state index contributed by atoms with van der Waals surface area (Å²) in [6, 6.07) is 13.2. The first-order valence-corrected chi connectivity index (χ1v) is 11.3. The summed E-state index contributed by atoms with van der Waals surface area (Å²) < 4.78 is 27.1. The maximum absolute atomic E-state index is 13.9. The van der Waals surface area contributed by atoms with Gasteiger partial charge in [-0.25, -0.2) is 8.78 Å². The standard InChI is InChI=1S/C25H31F2N3O2/c1-3-29(4-2)23(18-8-6-5-7-9-18)17-28-24(31)19-12-14-30(15-13-19)25(32)21-11-10-20(26)16-22(21)27/h5-11,16,19,23H,3-4,12-15,17H2,1-2H3,(H,28,31). The van der Waals surface area contributed by atoms with Crippen LogP contribution < -0.4 is 5.32 Å². The summed E-state index contributed by atoms with van der Waals surface area (Å²) >= 11 is 0. The van der Waals surface area contributed by atoms with Gasteiger partial charge in [-0.3, -0.25) is 14.5 Å². The first-order valence-electron chi connectivity index (χ1n) is 11.3. The van der Waals surface area contributed by atoms with Gasteiger partial charge in [0.05, 0.1) is 11.6 Å². The molecule has 0 spiro atoms. The Morgan fingerprint density at radius 2 is 1.72 bits per heavy atom. The van der Waals surface area contributed by atoms with Crippen molar-refractivity contribution in [3.63, 3.8) is 0 Å². The zero-order chi connectivity index (χ0) is 23.1. The first-order chi connectivity index (χ1) is 15.4. The zero-order valence-corrected chi connectivity index (χ0v) is 18.7. The highest BCUT2D eigenvalue weighted by molar-refractivity contribution is 5.94. The summed E-state index contributed by atoms with van der Waals surface area (Å²) in [5.41, 5.74) is 1.03. The summed E-state index contributed by atoms with van der Waals surface area (Å²) in [6.45, 7) is 7.23. The Labute approximate surface area is 188 Å². The molecule has 2 aromatic rings. The first kappa shape index (κ1) is 23.9. The fraction of sp³-hybridized carbons (Fsp3) is 0.440. The SMILES string of the molecule is CCN(CC)C(CNC(=O)C1CCN(C(=O)c2ccc(F)cc2F)CC1)c1ccccc1. The Morgan fingerprint density at radius 1 is 1.06 bits per heavy atom. The van der Waals surface area contributed by atoms with Crippen LogP contribution in [0.3, 0.4) is 0 Å². The van der Waals surface area contributed by atoms with Gasteiger partial charge in [0.1, 0.15) is 11.6 Å². The Morgan fingerprint density at radius 3 is 2.31 bits per heavy atom. The Kier molecular flexibility index (Phi) is 8.33. The molecule has 1 unspecified atom stereocenters. The number of benzene rings is 2. The number of carbonyl (C=O) groups excluding carboxylic acids is 2. The molecule has 1 aliphatic heterocycles. The van der Waals surface area contributed by atoms with Crippen LogP contribution >= 0.6 is 0 Å². The molecule has 7 heteroatoms. The lowest BCUT2D eigenvalue weighted by atomic mass is 9.95. The van der Waals surface area contributed by atoms with Crippen molar-refractivity contribution in [3.05, 3.63) is 71.3 Å². The minimum absolute atomic E-state index is 0.0156. The Bertz CT molecular complexity index is 911. The van der Waals surface area contributed by atoms with E-state index in [2.05, 4.69) is 36.2 Å². The van der Waals surface area contributed by atoms with E-state index in [4.69, 9.17) is 0 Å². The van der Waals surface area contributed by atoms with Crippen LogP contribution in [-0.2, 0) is 4.79 Å². The number of piperidine rings is 1. The molecule has 0 radical (unpaired) electrons. The minimum atomic E-state index is -0.863. The molecule has 0 saturated carbocycles. The Balaban J connectivity index is 1.56. The van der Waals surface area contributed by atoms with Gasteiger partial charge in [0.15, 0.2) is 0 Å². The van der Waals surface area contributed by atoms with Crippen molar-refractivity contribution < 1.29 is 18.4 Å². The van der Waals surface area contributed by atoms with E-state index in [1.807, 2.05) is 18.2 Å². The lowest BCUT2D eigenvalue weighted by molar-refractivity contribution is -0.126. The molecule has 32 heavy (non-hydrogen) atoms. The van der Waals surface area contributed by atoms with Crippen LogP contribution in [0.15, 0.2) is 48.5 Å². The third kappa shape index (κ3) is 5.71. The van der Waals surface area contributed by atoms with Crippen LogP contribution in [0.4, 0.5) is 8.78 Å². The molecule has 2 amide bonds. The molecule has 1 heterocycles. The fourth-order valence-corrected chi connectivity index (χ4v) is 4.32. The average Bonchev–Trinajstić information content (AvgIpc) is 2.82. The quantitative estimate of drug-likeness (QED) is 0.671. The average molecular weight is 444 g/mol. The van der Waals surface area contributed by atoms with Gasteiger partial charge in [-0.05, 0) is 43.6 Å². The fourth-order valence-electron chi connectivity index (χ4n) is 4.32. The van der Waals surface area contributed by atoms with Crippen LogP contribution in [0.25, 0.3) is 0 Å². The second-order valence-electron chi connectivity index (χ2n) is 8.08. The summed E-state index contributed by atoms with van der Waals surface area (Å²) in [6.07, 6.45) is 1.03. The second kappa shape index (κ2) is 11.2. The molecule has 5 nitrogen and oxygen atoms in total. The molecule has 1 aliphatic rings. The molecule has 0 aromatic heterocycles. The van der Waals surface area contributed by atoms with Crippen LogP contribution in [0.1, 0.15) is 48.7 Å². The monoisotopic (exact) mass is 443 g/mol. The molecule has 1 atom stereocenters. The van der Waals surface area contributed by atoms with E-state index in [0.717, 1.165) is 19.2 Å². The maximum atomic E-state index is 13.9. The number of likely N-dealkylation sites (tertiary alicyclic amines) is 1. The maximum Gasteiger partial charge on any atom is 0.256 e. The van der Waals surface area contributed by atoms with Crippen molar-refractivity contribution in [1.29, 1.82) is 0 Å². The lowest BCUT2D eigenvalue weighted by Gasteiger charge is -2.33. The van der Waals surface area contributed by atoms with Gasteiger partial charge in [0.2, 0.25) is 5.91 Å². The van der Waals surface area contributed by atoms with Gasteiger partial charge in [-0.2, -0.15) is 0 Å². The largest absolute Gasteiger partial charge is 0.354 e. The van der Waals surface area contributed by atoms with Crippen molar-refractivity contribution in [2.75, 3.05) is 32.7 Å². The van der Waals surface area contributed by atoms with E-state index in [1.54, 1.807) is 0 Å². The van der Waals surface area contributed by atoms with Gasteiger partial charge >= 0.3 is 0 Å². The van der Waals surface area contributed by atoms with Crippen LogP contribution in [0, 0.1) is 17.6 Å². The van der Waals surface area contributed by atoms with Crippen molar-refractivity contribution in [2.24, 2.45) is 5.92 Å². The summed E-state index contributed by atoms with van der Waals surface area (Å²) in [5.74, 6) is -2.25. The van der Waals surface area contributed by atoms with Crippen LogP contribution in [0.5, 0.6) is 0 Å². The van der Waals surface area contributed by atoms with Crippen molar-refractivity contribution in [2.45, 2.75) is 32.7 Å². The summed E-state index contributed by atoms with van der Waals surface area (Å²) in [7, 11) is 0. The minimum Gasteiger partial charge on any atom is -0.354 e. The highest BCUT2D eigenvalue weighted by Crippen LogP contribution is 2.23. The molecule has 1 N–H and O–H groups in total. The topological polar surface area (TPSA) is 52.7 Å². The Hall–Kier alpha value is -2.80. The number of nitrogens with one attached hydrogen (secondary N) is 1. The van der Waals surface area contributed by atoms with Crippen molar-refractivity contribution >= 4 is 11.8 Å². The second-order valence-corrected chi connectivity index (χ2v) is 8.08. The zero-order valence-electron chi connectivity index (χ0n) is 18.7. The van der Waals surface area contributed by atoms with E-state index >= 15 is 0 Å². The van der Waals surface area contributed by atoms with Gasteiger partial charge in [0, 0.05) is 31.6 Å². The lowest BCUT2D eigenvalue weighted by Crippen LogP contribution is -2.45. The molecule has 0 aliphatic carbocycles. The number of hydrogen-bond acceptors (Lipinski definition) is 3. The van der Waals surface area contributed by atoms with E-state index in [-0.39, 0.29) is 23.4 Å². The molecule has 3 rings (SSSR count). The molecular formula is C25H31F2N3O2. The number of hydrogen-bond donors (Lipinski definition) is 1. The van der Waals surface area contributed by atoms with Crippen molar-refractivity contribution in [3.8, 4) is 0 Å². The molecule has 1 fully saturated rings. The highest BCUT2D eigenvalue weighted by atomic mass is 19.1. The van der Waals surface area contributed by atoms with Crippen LogP contribution in [-0.4, -0.2) is 54.3 Å².